The number of nitro benzene ring substituents is 1. The van der Waals surface area contributed by atoms with Crippen LogP contribution in [0.5, 0.6) is 0 Å². The number of hydrogen-bond acceptors (Lipinski definition) is 6. The Bertz CT molecular complexity index is 736. The van der Waals surface area contributed by atoms with Crippen molar-refractivity contribution >= 4 is 23.3 Å². The minimum absolute atomic E-state index is 0.0938. The summed E-state index contributed by atoms with van der Waals surface area (Å²) in [5.74, 6) is -1.14. The summed E-state index contributed by atoms with van der Waals surface area (Å²) in [5, 5.41) is 10.6. The maximum Gasteiger partial charge on any atom is 0.329 e. The number of nitro groups is 1. The predicted molar refractivity (Wildman–Crippen MR) is 97.2 cm³/mol. The third kappa shape index (κ3) is 5.60. The van der Waals surface area contributed by atoms with Crippen molar-refractivity contribution in [1.29, 1.82) is 0 Å². The standard InChI is InChI=1S/C19H24N2O6/c1-19(2,3)11-17(23)20-10-4-5-15(20)18(24)27-12-16(22)13-6-8-14(9-7-13)21(25)26/h6-9,15H,4-5,10-12H2,1-3H3/t15-/m0/s1. The zero-order valence-electron chi connectivity index (χ0n) is 15.8. The molecule has 0 bridgehead atoms. The number of esters is 1. The molecule has 1 aliphatic rings. The van der Waals surface area contributed by atoms with E-state index in [2.05, 4.69) is 0 Å². The van der Waals surface area contributed by atoms with Crippen LogP contribution in [0, 0.1) is 15.5 Å². The Hall–Kier alpha value is -2.77. The topological polar surface area (TPSA) is 107 Å². The van der Waals surface area contributed by atoms with Crippen molar-refractivity contribution in [2.75, 3.05) is 13.2 Å². The van der Waals surface area contributed by atoms with Crippen molar-refractivity contribution in [2.24, 2.45) is 5.41 Å². The molecule has 27 heavy (non-hydrogen) atoms. The summed E-state index contributed by atoms with van der Waals surface area (Å²) < 4.78 is 5.11. The molecule has 0 N–H and O–H groups in total. The van der Waals surface area contributed by atoms with E-state index >= 15 is 0 Å². The lowest BCUT2D eigenvalue weighted by atomic mass is 9.91. The third-order valence-corrected chi connectivity index (χ3v) is 4.27. The number of hydrogen-bond donors (Lipinski definition) is 0. The second-order valence-electron chi connectivity index (χ2n) is 7.82. The molecule has 0 radical (unpaired) electrons. The van der Waals surface area contributed by atoms with Crippen LogP contribution in [-0.2, 0) is 14.3 Å². The molecule has 1 aliphatic heterocycles. The number of carbonyl (C=O) groups excluding carboxylic acids is 3. The van der Waals surface area contributed by atoms with Crippen molar-refractivity contribution in [2.45, 2.75) is 46.1 Å². The van der Waals surface area contributed by atoms with Crippen LogP contribution in [0.25, 0.3) is 0 Å². The van der Waals surface area contributed by atoms with Gasteiger partial charge in [0, 0.05) is 30.7 Å². The largest absolute Gasteiger partial charge is 0.456 e. The van der Waals surface area contributed by atoms with Crippen LogP contribution >= 0.6 is 0 Å². The van der Waals surface area contributed by atoms with Gasteiger partial charge >= 0.3 is 5.97 Å². The molecule has 8 heteroatoms. The van der Waals surface area contributed by atoms with E-state index < -0.39 is 29.3 Å². The SMILES string of the molecule is CC(C)(C)CC(=O)N1CCC[C@H]1C(=O)OCC(=O)c1ccc([N+](=O)[O-])cc1. The van der Waals surface area contributed by atoms with Gasteiger partial charge in [0.1, 0.15) is 6.04 Å². The van der Waals surface area contributed by atoms with Crippen molar-refractivity contribution in [3.8, 4) is 0 Å². The fourth-order valence-corrected chi connectivity index (χ4v) is 2.95. The van der Waals surface area contributed by atoms with Crippen LogP contribution < -0.4 is 0 Å². The normalized spacial score (nSPS) is 16.9. The molecule has 2 rings (SSSR count). The van der Waals surface area contributed by atoms with Crippen molar-refractivity contribution in [1.82, 2.24) is 4.90 Å². The van der Waals surface area contributed by atoms with E-state index in [-0.39, 0.29) is 22.6 Å². The van der Waals surface area contributed by atoms with E-state index in [1.807, 2.05) is 20.8 Å². The van der Waals surface area contributed by atoms with Gasteiger partial charge in [0.15, 0.2) is 12.4 Å². The van der Waals surface area contributed by atoms with Crippen LogP contribution in [0.2, 0.25) is 0 Å². The molecule has 1 aromatic rings. The molecule has 0 aliphatic carbocycles. The number of rotatable bonds is 6. The average molecular weight is 376 g/mol. The van der Waals surface area contributed by atoms with E-state index in [0.29, 0.717) is 25.8 Å². The second kappa shape index (κ2) is 8.28. The first-order chi connectivity index (χ1) is 12.6. The number of Topliss-reactive ketones (excluding diaryl/α,β-unsaturated/α-hetero) is 1. The number of ether oxygens (including phenoxy) is 1. The molecule has 146 valence electrons. The van der Waals surface area contributed by atoms with Gasteiger partial charge in [-0.2, -0.15) is 0 Å². The Morgan fingerprint density at radius 2 is 1.85 bits per heavy atom. The predicted octanol–water partition coefficient (Wildman–Crippen LogP) is 2.75. The van der Waals surface area contributed by atoms with Crippen LogP contribution in [0.3, 0.4) is 0 Å². The number of carbonyl (C=O) groups is 3. The lowest BCUT2D eigenvalue weighted by Crippen LogP contribution is -2.43. The van der Waals surface area contributed by atoms with Crippen LogP contribution in [0.15, 0.2) is 24.3 Å². The molecular weight excluding hydrogens is 352 g/mol. The Morgan fingerprint density at radius 3 is 2.41 bits per heavy atom. The number of benzene rings is 1. The van der Waals surface area contributed by atoms with Crippen molar-refractivity contribution in [3.05, 3.63) is 39.9 Å². The van der Waals surface area contributed by atoms with Gasteiger partial charge in [-0.1, -0.05) is 20.8 Å². The Labute approximate surface area is 157 Å². The van der Waals surface area contributed by atoms with E-state index in [0.717, 1.165) is 0 Å². The molecule has 1 fully saturated rings. The van der Waals surface area contributed by atoms with E-state index in [9.17, 15) is 24.5 Å². The van der Waals surface area contributed by atoms with Gasteiger partial charge in [0.05, 0.1) is 4.92 Å². The van der Waals surface area contributed by atoms with Crippen LogP contribution in [0.1, 0.15) is 50.4 Å². The first kappa shape index (κ1) is 20.5. The number of amides is 1. The maximum atomic E-state index is 12.4. The summed E-state index contributed by atoms with van der Waals surface area (Å²) in [6, 6.07) is 4.42. The quantitative estimate of drug-likeness (QED) is 0.327. The van der Waals surface area contributed by atoms with Gasteiger partial charge < -0.3 is 9.64 Å². The third-order valence-electron chi connectivity index (χ3n) is 4.27. The van der Waals surface area contributed by atoms with Crippen molar-refractivity contribution in [3.63, 3.8) is 0 Å². The van der Waals surface area contributed by atoms with Gasteiger partial charge in [-0.05, 0) is 30.4 Å². The molecule has 0 spiro atoms. The summed E-state index contributed by atoms with van der Waals surface area (Å²) >= 11 is 0. The highest BCUT2D eigenvalue weighted by atomic mass is 16.6. The number of nitrogens with zero attached hydrogens (tertiary/aromatic N) is 2. The van der Waals surface area contributed by atoms with E-state index in [1.54, 1.807) is 0 Å². The highest BCUT2D eigenvalue weighted by Crippen LogP contribution is 2.25. The highest BCUT2D eigenvalue weighted by Gasteiger charge is 2.36. The number of likely N-dealkylation sites (tertiary alicyclic amines) is 1. The van der Waals surface area contributed by atoms with E-state index in [1.165, 1.54) is 29.2 Å². The molecule has 1 saturated heterocycles. The van der Waals surface area contributed by atoms with Crippen molar-refractivity contribution < 1.29 is 24.0 Å². The Balaban J connectivity index is 1.93. The van der Waals surface area contributed by atoms with Crippen LogP contribution in [0.4, 0.5) is 5.69 Å². The molecule has 1 aromatic carbocycles. The second-order valence-corrected chi connectivity index (χ2v) is 7.82. The minimum Gasteiger partial charge on any atom is -0.456 e. The summed E-state index contributed by atoms with van der Waals surface area (Å²) in [6.07, 6.45) is 1.56. The first-order valence-electron chi connectivity index (χ1n) is 8.82. The fraction of sp³-hybridized carbons (Fsp3) is 0.526. The molecule has 1 amide bonds. The minimum atomic E-state index is -0.662. The maximum absolute atomic E-state index is 12.4. The first-order valence-corrected chi connectivity index (χ1v) is 8.82. The number of non-ortho nitro benzene ring substituents is 1. The molecular formula is C19H24N2O6. The van der Waals surface area contributed by atoms with Gasteiger partial charge in [-0.15, -0.1) is 0 Å². The Kier molecular flexibility index (Phi) is 6.30. The summed E-state index contributed by atoms with van der Waals surface area (Å²) in [6.45, 7) is 5.91. The molecule has 0 unspecified atom stereocenters. The highest BCUT2D eigenvalue weighted by molar-refractivity contribution is 5.98. The lowest BCUT2D eigenvalue weighted by molar-refractivity contribution is -0.384. The number of ketones is 1. The van der Waals surface area contributed by atoms with Gasteiger partial charge in [0.2, 0.25) is 5.91 Å². The zero-order valence-corrected chi connectivity index (χ0v) is 15.8. The van der Waals surface area contributed by atoms with Gasteiger partial charge in [0.25, 0.3) is 5.69 Å². The summed E-state index contributed by atoms with van der Waals surface area (Å²) in [7, 11) is 0. The Morgan fingerprint density at radius 1 is 1.22 bits per heavy atom. The van der Waals surface area contributed by atoms with Gasteiger partial charge in [-0.3, -0.25) is 19.7 Å². The summed E-state index contributed by atoms with van der Waals surface area (Å²) in [5.41, 5.74) is -0.0806. The molecule has 0 saturated carbocycles. The zero-order chi connectivity index (χ0) is 20.2. The average Bonchev–Trinajstić information content (AvgIpc) is 3.08. The van der Waals surface area contributed by atoms with Gasteiger partial charge in [-0.25, -0.2) is 4.79 Å². The van der Waals surface area contributed by atoms with Crippen LogP contribution in [-0.4, -0.2) is 46.7 Å². The molecule has 1 heterocycles. The fourth-order valence-electron chi connectivity index (χ4n) is 2.95. The molecule has 1 atom stereocenters. The molecule has 0 aromatic heterocycles. The molecule has 8 nitrogen and oxygen atoms in total. The monoisotopic (exact) mass is 376 g/mol. The lowest BCUT2D eigenvalue weighted by Gasteiger charge is -2.27. The smallest absolute Gasteiger partial charge is 0.329 e. The summed E-state index contributed by atoms with van der Waals surface area (Å²) in [4.78, 5) is 48.5. The van der Waals surface area contributed by atoms with E-state index in [4.69, 9.17) is 4.74 Å².